The van der Waals surface area contributed by atoms with Gasteiger partial charge in [-0.3, -0.25) is 0 Å². The second kappa shape index (κ2) is 10.6. The number of rotatable bonds is 6. The van der Waals surface area contributed by atoms with E-state index in [-0.39, 0.29) is 31.4 Å². The second-order valence-electron chi connectivity index (χ2n) is 7.64. The number of carbonyl (C=O) groups is 2. The third-order valence-electron chi connectivity index (χ3n) is 4.96. The number of amides is 2. The quantitative estimate of drug-likeness (QED) is 0.731. The van der Waals surface area contributed by atoms with Crippen molar-refractivity contribution in [1.82, 2.24) is 14.7 Å². The number of hydrogen-bond acceptors (Lipinski definition) is 5. The van der Waals surface area contributed by atoms with Gasteiger partial charge in [0.1, 0.15) is 13.2 Å². The predicted molar refractivity (Wildman–Crippen MR) is 114 cm³/mol. The molecule has 0 bridgehead atoms. The van der Waals surface area contributed by atoms with Gasteiger partial charge in [0.05, 0.1) is 6.04 Å². The molecule has 1 aliphatic rings. The van der Waals surface area contributed by atoms with Gasteiger partial charge in [-0.25, -0.2) is 9.59 Å². The fourth-order valence-electron chi connectivity index (χ4n) is 3.45. The smallest absolute Gasteiger partial charge is 0.410 e. The third-order valence-corrected chi connectivity index (χ3v) is 4.96. The van der Waals surface area contributed by atoms with E-state index in [0.29, 0.717) is 26.2 Å². The maximum atomic E-state index is 12.7. The third kappa shape index (κ3) is 6.22. The number of nitrogens with zero attached hydrogens (tertiary/aromatic N) is 3. The summed E-state index contributed by atoms with van der Waals surface area (Å²) in [5, 5.41) is 0. The summed E-state index contributed by atoms with van der Waals surface area (Å²) in [5.74, 6) is 0. The van der Waals surface area contributed by atoms with Crippen LogP contribution in [-0.2, 0) is 22.7 Å². The van der Waals surface area contributed by atoms with Crippen molar-refractivity contribution < 1.29 is 19.1 Å². The highest BCUT2D eigenvalue weighted by Gasteiger charge is 2.34. The van der Waals surface area contributed by atoms with E-state index in [1.165, 1.54) is 0 Å². The van der Waals surface area contributed by atoms with E-state index >= 15 is 0 Å². The van der Waals surface area contributed by atoms with Crippen LogP contribution >= 0.6 is 0 Å². The lowest BCUT2D eigenvalue weighted by Gasteiger charge is -2.41. The molecular formula is C23H29N3O4. The monoisotopic (exact) mass is 411 g/mol. The number of likely N-dealkylation sites (N-methyl/N-ethyl adjacent to an activating group) is 1. The van der Waals surface area contributed by atoms with Gasteiger partial charge in [0.2, 0.25) is 0 Å². The molecule has 1 heterocycles. The summed E-state index contributed by atoms with van der Waals surface area (Å²) in [6, 6.07) is 19.0. The molecular weight excluding hydrogens is 382 g/mol. The lowest BCUT2D eigenvalue weighted by Crippen LogP contribution is -2.59. The zero-order valence-corrected chi connectivity index (χ0v) is 17.6. The van der Waals surface area contributed by atoms with Crippen LogP contribution in [0.25, 0.3) is 0 Å². The zero-order valence-electron chi connectivity index (χ0n) is 17.6. The molecule has 0 N–H and O–H groups in total. The van der Waals surface area contributed by atoms with E-state index in [2.05, 4.69) is 0 Å². The minimum Gasteiger partial charge on any atom is -0.445 e. The largest absolute Gasteiger partial charge is 0.445 e. The molecule has 2 aromatic carbocycles. The number of benzene rings is 2. The number of ether oxygens (including phenoxy) is 2. The van der Waals surface area contributed by atoms with Crippen LogP contribution in [0, 0.1) is 0 Å². The molecule has 0 saturated carbocycles. The molecule has 0 aromatic heterocycles. The van der Waals surface area contributed by atoms with Crippen LogP contribution in [0.2, 0.25) is 0 Å². The SMILES string of the molecule is CN(C)C[C@H]1CN(C(=O)OCc2ccccc2)CCN1C(=O)OCc1ccccc1. The van der Waals surface area contributed by atoms with E-state index in [9.17, 15) is 9.59 Å². The normalized spacial score (nSPS) is 16.4. The Balaban J connectivity index is 1.56. The molecule has 0 unspecified atom stereocenters. The first-order valence-electron chi connectivity index (χ1n) is 10.1. The summed E-state index contributed by atoms with van der Waals surface area (Å²) in [7, 11) is 3.89. The summed E-state index contributed by atoms with van der Waals surface area (Å²) in [4.78, 5) is 30.6. The molecule has 0 aliphatic carbocycles. The number of carbonyl (C=O) groups excluding carboxylic acids is 2. The van der Waals surface area contributed by atoms with Crippen LogP contribution in [0.1, 0.15) is 11.1 Å². The fourth-order valence-corrected chi connectivity index (χ4v) is 3.45. The molecule has 1 atom stereocenters. The van der Waals surface area contributed by atoms with Crippen molar-refractivity contribution in [2.75, 3.05) is 40.3 Å². The standard InChI is InChI=1S/C23H29N3O4/c1-24(2)15-21-16-25(22(27)29-17-19-9-5-3-6-10-19)13-14-26(21)23(28)30-18-20-11-7-4-8-12-20/h3-12,21H,13-18H2,1-2H3/t21-/m0/s1. The molecule has 1 aliphatic heterocycles. The highest BCUT2D eigenvalue weighted by Crippen LogP contribution is 2.15. The number of hydrogen-bond donors (Lipinski definition) is 0. The van der Waals surface area contributed by atoms with E-state index in [1.807, 2.05) is 79.7 Å². The molecule has 3 rings (SSSR count). The summed E-state index contributed by atoms with van der Waals surface area (Å²) in [5.41, 5.74) is 1.89. The highest BCUT2D eigenvalue weighted by atomic mass is 16.6. The molecule has 2 amide bonds. The van der Waals surface area contributed by atoms with Crippen molar-refractivity contribution in [2.45, 2.75) is 19.3 Å². The van der Waals surface area contributed by atoms with Gasteiger partial charge < -0.3 is 24.2 Å². The Morgan fingerprint density at radius 1 is 0.867 bits per heavy atom. The van der Waals surface area contributed by atoms with Gasteiger partial charge in [-0.15, -0.1) is 0 Å². The average molecular weight is 412 g/mol. The molecule has 7 nitrogen and oxygen atoms in total. The molecule has 30 heavy (non-hydrogen) atoms. The summed E-state index contributed by atoms with van der Waals surface area (Å²) in [6.45, 7) is 2.32. The van der Waals surface area contributed by atoms with Crippen LogP contribution in [0.15, 0.2) is 60.7 Å². The van der Waals surface area contributed by atoms with Crippen molar-refractivity contribution in [3.63, 3.8) is 0 Å². The van der Waals surface area contributed by atoms with Gasteiger partial charge in [-0.1, -0.05) is 60.7 Å². The Morgan fingerprint density at radius 3 is 1.93 bits per heavy atom. The van der Waals surface area contributed by atoms with Crippen molar-refractivity contribution in [3.8, 4) is 0 Å². The summed E-state index contributed by atoms with van der Waals surface area (Å²) < 4.78 is 11.0. The Labute approximate surface area is 177 Å². The molecule has 160 valence electrons. The van der Waals surface area contributed by atoms with Crippen LogP contribution < -0.4 is 0 Å². The first-order chi connectivity index (χ1) is 14.5. The van der Waals surface area contributed by atoms with Gasteiger partial charge in [-0.2, -0.15) is 0 Å². The van der Waals surface area contributed by atoms with Crippen molar-refractivity contribution >= 4 is 12.2 Å². The molecule has 1 saturated heterocycles. The van der Waals surface area contributed by atoms with Gasteiger partial charge in [0.25, 0.3) is 0 Å². The maximum Gasteiger partial charge on any atom is 0.410 e. The lowest BCUT2D eigenvalue weighted by molar-refractivity contribution is 0.0265. The Hall–Kier alpha value is -3.06. The van der Waals surface area contributed by atoms with E-state index < -0.39 is 0 Å². The minimum absolute atomic E-state index is 0.165. The second-order valence-corrected chi connectivity index (χ2v) is 7.64. The first kappa shape index (κ1) is 21.6. The van der Waals surface area contributed by atoms with Gasteiger partial charge in [0, 0.05) is 26.2 Å². The Kier molecular flexibility index (Phi) is 7.68. The Morgan fingerprint density at radius 2 is 1.40 bits per heavy atom. The van der Waals surface area contributed by atoms with E-state index in [0.717, 1.165) is 11.1 Å². The molecule has 2 aromatic rings. The van der Waals surface area contributed by atoms with Crippen molar-refractivity contribution in [2.24, 2.45) is 0 Å². The molecule has 0 radical (unpaired) electrons. The van der Waals surface area contributed by atoms with Crippen molar-refractivity contribution in [3.05, 3.63) is 71.8 Å². The molecule has 1 fully saturated rings. The molecule has 7 heteroatoms. The van der Waals surface area contributed by atoms with Crippen LogP contribution in [-0.4, -0.2) is 73.2 Å². The Bertz CT molecular complexity index is 814. The fraction of sp³-hybridized carbons (Fsp3) is 0.391. The topological polar surface area (TPSA) is 62.3 Å². The first-order valence-corrected chi connectivity index (χ1v) is 10.1. The van der Waals surface area contributed by atoms with E-state index in [4.69, 9.17) is 9.47 Å². The number of piperazine rings is 1. The van der Waals surface area contributed by atoms with Gasteiger partial charge in [-0.05, 0) is 25.2 Å². The van der Waals surface area contributed by atoms with Gasteiger partial charge >= 0.3 is 12.2 Å². The molecule has 0 spiro atoms. The maximum absolute atomic E-state index is 12.7. The average Bonchev–Trinajstić information content (AvgIpc) is 2.77. The lowest BCUT2D eigenvalue weighted by atomic mass is 10.1. The van der Waals surface area contributed by atoms with Crippen LogP contribution in [0.3, 0.4) is 0 Å². The summed E-state index contributed by atoms with van der Waals surface area (Å²) in [6.07, 6.45) is -0.720. The highest BCUT2D eigenvalue weighted by molar-refractivity contribution is 5.71. The zero-order chi connectivity index (χ0) is 21.3. The predicted octanol–water partition coefficient (Wildman–Crippen LogP) is 3.21. The van der Waals surface area contributed by atoms with Crippen molar-refractivity contribution in [1.29, 1.82) is 0 Å². The van der Waals surface area contributed by atoms with E-state index in [1.54, 1.807) is 9.80 Å². The van der Waals surface area contributed by atoms with Crippen LogP contribution in [0.5, 0.6) is 0 Å². The van der Waals surface area contributed by atoms with Gasteiger partial charge in [0.15, 0.2) is 0 Å². The summed E-state index contributed by atoms with van der Waals surface area (Å²) >= 11 is 0. The van der Waals surface area contributed by atoms with Crippen LogP contribution in [0.4, 0.5) is 9.59 Å². The minimum atomic E-state index is -0.361.